The van der Waals surface area contributed by atoms with Crippen LogP contribution in [0.25, 0.3) is 11.1 Å². The fourth-order valence-corrected chi connectivity index (χ4v) is 1.62. The van der Waals surface area contributed by atoms with Crippen molar-refractivity contribution in [3.8, 4) is 17.0 Å². The fourth-order valence-electron chi connectivity index (χ4n) is 1.62. The van der Waals surface area contributed by atoms with Crippen molar-refractivity contribution in [1.82, 2.24) is 4.98 Å². The first kappa shape index (κ1) is 13.3. The van der Waals surface area contributed by atoms with Crippen LogP contribution in [0.15, 0.2) is 36.4 Å². The lowest BCUT2D eigenvalue weighted by Crippen LogP contribution is -2.04. The summed E-state index contributed by atoms with van der Waals surface area (Å²) in [6, 6.07) is 7.06. The van der Waals surface area contributed by atoms with Crippen LogP contribution >= 0.6 is 0 Å². The van der Waals surface area contributed by atoms with E-state index in [0.29, 0.717) is 0 Å². The Bertz CT molecular complexity index is 595. The lowest BCUT2D eigenvalue weighted by molar-refractivity contribution is -0.137. The summed E-state index contributed by atoms with van der Waals surface area (Å²) >= 11 is 0. The zero-order chi connectivity index (χ0) is 14.0. The van der Waals surface area contributed by atoms with Gasteiger partial charge in [-0.1, -0.05) is 12.1 Å². The molecule has 0 saturated heterocycles. The zero-order valence-corrected chi connectivity index (χ0v) is 9.83. The van der Waals surface area contributed by atoms with Gasteiger partial charge in [-0.05, 0) is 23.3 Å². The van der Waals surface area contributed by atoms with Gasteiger partial charge in [-0.3, -0.25) is 0 Å². The van der Waals surface area contributed by atoms with E-state index in [0.717, 1.165) is 18.2 Å². The molecule has 0 aliphatic heterocycles. The molecule has 1 aromatic carbocycles. The van der Waals surface area contributed by atoms with E-state index in [9.17, 15) is 17.6 Å². The van der Waals surface area contributed by atoms with Crippen molar-refractivity contribution in [2.75, 3.05) is 7.11 Å². The molecule has 1 aromatic heterocycles. The molecule has 0 bridgehead atoms. The summed E-state index contributed by atoms with van der Waals surface area (Å²) in [7, 11) is 1.30. The topological polar surface area (TPSA) is 22.1 Å². The van der Waals surface area contributed by atoms with Crippen molar-refractivity contribution in [2.24, 2.45) is 0 Å². The van der Waals surface area contributed by atoms with Crippen molar-refractivity contribution >= 4 is 0 Å². The number of pyridine rings is 1. The second kappa shape index (κ2) is 4.87. The molecule has 2 nitrogen and oxygen atoms in total. The van der Waals surface area contributed by atoms with Crippen molar-refractivity contribution in [3.05, 3.63) is 47.9 Å². The van der Waals surface area contributed by atoms with Gasteiger partial charge in [0.25, 0.3) is 0 Å². The van der Waals surface area contributed by atoms with Crippen LogP contribution in [0, 0.1) is 5.95 Å². The first-order valence-electron chi connectivity index (χ1n) is 5.29. The minimum Gasteiger partial charge on any atom is -0.481 e. The molecule has 0 saturated carbocycles. The zero-order valence-electron chi connectivity index (χ0n) is 9.83. The average molecular weight is 271 g/mol. The summed E-state index contributed by atoms with van der Waals surface area (Å²) in [4.78, 5) is 3.44. The highest BCUT2D eigenvalue weighted by molar-refractivity contribution is 5.65. The molecule has 0 fully saturated rings. The van der Waals surface area contributed by atoms with Gasteiger partial charge in [-0.2, -0.15) is 22.5 Å². The maximum atomic E-state index is 13.2. The molecule has 0 amide bonds. The molecule has 2 rings (SSSR count). The molecular formula is C13H9F4NO. The predicted octanol–water partition coefficient (Wildman–Crippen LogP) is 3.92. The Kier molecular flexibility index (Phi) is 3.42. The Morgan fingerprint density at radius 2 is 1.79 bits per heavy atom. The highest BCUT2D eigenvalue weighted by Crippen LogP contribution is 2.32. The first-order valence-corrected chi connectivity index (χ1v) is 5.29. The molecule has 19 heavy (non-hydrogen) atoms. The normalized spacial score (nSPS) is 11.4. The molecule has 0 radical (unpaired) electrons. The Hall–Kier alpha value is -2.11. The number of hydrogen-bond acceptors (Lipinski definition) is 2. The monoisotopic (exact) mass is 271 g/mol. The van der Waals surface area contributed by atoms with Crippen molar-refractivity contribution in [3.63, 3.8) is 0 Å². The standard InChI is InChI=1S/C13H9F4NO/c1-19-12-7-9(6-11(14)18-12)8-3-2-4-10(5-8)13(15,16)17/h2-7H,1H3. The van der Waals surface area contributed by atoms with Gasteiger partial charge >= 0.3 is 6.18 Å². The summed E-state index contributed by atoms with van der Waals surface area (Å²) in [5.41, 5.74) is -0.272. The van der Waals surface area contributed by atoms with E-state index in [1.165, 1.54) is 25.3 Å². The van der Waals surface area contributed by atoms with Crippen LogP contribution in [0.2, 0.25) is 0 Å². The van der Waals surface area contributed by atoms with E-state index in [4.69, 9.17) is 4.74 Å². The highest BCUT2D eigenvalue weighted by Gasteiger charge is 2.30. The Labute approximate surface area is 106 Å². The number of halogens is 4. The van der Waals surface area contributed by atoms with Crippen LogP contribution < -0.4 is 4.74 Å². The summed E-state index contributed by atoms with van der Waals surface area (Å²) in [6.07, 6.45) is -4.44. The van der Waals surface area contributed by atoms with Gasteiger partial charge < -0.3 is 4.74 Å². The van der Waals surface area contributed by atoms with E-state index in [1.807, 2.05) is 0 Å². The van der Waals surface area contributed by atoms with Crippen molar-refractivity contribution in [2.45, 2.75) is 6.18 Å². The SMILES string of the molecule is COc1cc(-c2cccc(C(F)(F)F)c2)cc(F)n1. The number of aromatic nitrogens is 1. The molecule has 0 aliphatic rings. The van der Waals surface area contributed by atoms with Crippen LogP contribution in [0.4, 0.5) is 17.6 Å². The van der Waals surface area contributed by atoms with Gasteiger partial charge in [0.2, 0.25) is 11.8 Å². The molecule has 100 valence electrons. The van der Waals surface area contributed by atoms with E-state index < -0.39 is 17.7 Å². The minimum atomic E-state index is -4.44. The van der Waals surface area contributed by atoms with Gasteiger partial charge in [0.1, 0.15) is 0 Å². The first-order chi connectivity index (χ1) is 8.90. The van der Waals surface area contributed by atoms with E-state index in [-0.39, 0.29) is 17.0 Å². The van der Waals surface area contributed by atoms with E-state index in [2.05, 4.69) is 4.98 Å². The van der Waals surface area contributed by atoms with Crippen LogP contribution in [-0.2, 0) is 6.18 Å². The molecule has 0 aliphatic carbocycles. The molecule has 0 spiro atoms. The van der Waals surface area contributed by atoms with Gasteiger partial charge in [-0.15, -0.1) is 0 Å². The Balaban J connectivity index is 2.50. The quantitative estimate of drug-likeness (QED) is 0.610. The molecule has 0 unspecified atom stereocenters. The number of methoxy groups -OCH3 is 1. The smallest absolute Gasteiger partial charge is 0.416 e. The molecular weight excluding hydrogens is 262 g/mol. The van der Waals surface area contributed by atoms with Crippen LogP contribution in [0.1, 0.15) is 5.56 Å². The predicted molar refractivity (Wildman–Crippen MR) is 61.2 cm³/mol. The summed E-state index contributed by atoms with van der Waals surface area (Å²) in [5.74, 6) is -0.806. The second-order valence-electron chi connectivity index (χ2n) is 3.80. The third kappa shape index (κ3) is 3.01. The van der Waals surface area contributed by atoms with E-state index in [1.54, 1.807) is 0 Å². The van der Waals surface area contributed by atoms with Crippen LogP contribution in [0.3, 0.4) is 0 Å². The highest BCUT2D eigenvalue weighted by atomic mass is 19.4. The van der Waals surface area contributed by atoms with Gasteiger partial charge in [0.05, 0.1) is 12.7 Å². The maximum absolute atomic E-state index is 13.2. The molecule has 0 atom stereocenters. The Morgan fingerprint density at radius 1 is 1.05 bits per heavy atom. The van der Waals surface area contributed by atoms with E-state index >= 15 is 0 Å². The number of alkyl halides is 3. The number of ether oxygens (including phenoxy) is 1. The summed E-state index contributed by atoms with van der Waals surface area (Å²) in [6.45, 7) is 0. The number of hydrogen-bond donors (Lipinski definition) is 0. The largest absolute Gasteiger partial charge is 0.481 e. The van der Waals surface area contributed by atoms with Gasteiger partial charge in [0.15, 0.2) is 0 Å². The number of benzene rings is 1. The third-order valence-corrected chi connectivity index (χ3v) is 2.50. The number of rotatable bonds is 2. The van der Waals surface area contributed by atoms with Gasteiger partial charge in [0, 0.05) is 12.1 Å². The Morgan fingerprint density at radius 3 is 2.42 bits per heavy atom. The van der Waals surface area contributed by atoms with Crippen LogP contribution in [-0.4, -0.2) is 12.1 Å². The minimum absolute atomic E-state index is 0.00686. The van der Waals surface area contributed by atoms with Gasteiger partial charge in [-0.25, -0.2) is 0 Å². The molecule has 1 heterocycles. The molecule has 2 aromatic rings. The lowest BCUT2D eigenvalue weighted by Gasteiger charge is -2.09. The fraction of sp³-hybridized carbons (Fsp3) is 0.154. The maximum Gasteiger partial charge on any atom is 0.416 e. The van der Waals surface area contributed by atoms with Crippen molar-refractivity contribution in [1.29, 1.82) is 0 Å². The molecule has 0 N–H and O–H groups in total. The summed E-state index contributed by atoms with van der Waals surface area (Å²) in [5, 5.41) is 0. The second-order valence-corrected chi connectivity index (χ2v) is 3.80. The van der Waals surface area contributed by atoms with Crippen LogP contribution in [0.5, 0.6) is 5.88 Å². The third-order valence-electron chi connectivity index (χ3n) is 2.50. The summed E-state index contributed by atoms with van der Waals surface area (Å²) < 4.78 is 55.8. The number of nitrogens with zero attached hydrogens (tertiary/aromatic N) is 1. The average Bonchev–Trinajstić information content (AvgIpc) is 2.37. The van der Waals surface area contributed by atoms with Crippen molar-refractivity contribution < 1.29 is 22.3 Å². The lowest BCUT2D eigenvalue weighted by atomic mass is 10.0. The molecule has 6 heteroatoms.